The zero-order chi connectivity index (χ0) is 22.7. The third kappa shape index (κ3) is 4.67. The van der Waals surface area contributed by atoms with Crippen molar-refractivity contribution in [3.63, 3.8) is 0 Å². The van der Waals surface area contributed by atoms with Crippen molar-refractivity contribution in [2.45, 2.75) is 13.5 Å². The SMILES string of the molecule is COc1ccccc1N1C(=O)C(=Cc2cc(Cl)ccc2OCc2ccccc2C)SC1=S. The first kappa shape index (κ1) is 22.4. The number of ether oxygens (including phenoxy) is 2. The summed E-state index contributed by atoms with van der Waals surface area (Å²) in [4.78, 5) is 15.2. The lowest BCUT2D eigenvalue weighted by molar-refractivity contribution is -0.113. The quantitative estimate of drug-likeness (QED) is 0.291. The van der Waals surface area contributed by atoms with Gasteiger partial charge in [-0.1, -0.05) is 72.0 Å². The number of anilines is 1. The highest BCUT2D eigenvalue weighted by Crippen LogP contribution is 2.40. The Labute approximate surface area is 201 Å². The van der Waals surface area contributed by atoms with Gasteiger partial charge < -0.3 is 9.47 Å². The largest absolute Gasteiger partial charge is 0.495 e. The van der Waals surface area contributed by atoms with Crippen LogP contribution in [0, 0.1) is 6.92 Å². The van der Waals surface area contributed by atoms with E-state index in [2.05, 4.69) is 0 Å². The monoisotopic (exact) mass is 481 g/mol. The molecule has 3 aromatic rings. The van der Waals surface area contributed by atoms with Gasteiger partial charge in [0.25, 0.3) is 5.91 Å². The van der Waals surface area contributed by atoms with Crippen LogP contribution in [0.15, 0.2) is 71.6 Å². The molecule has 1 aliphatic rings. The lowest BCUT2D eigenvalue weighted by Crippen LogP contribution is -2.27. The molecule has 1 amide bonds. The first-order valence-corrected chi connectivity index (χ1v) is 11.5. The number of carbonyl (C=O) groups excluding carboxylic acids is 1. The summed E-state index contributed by atoms with van der Waals surface area (Å²) in [7, 11) is 1.57. The lowest BCUT2D eigenvalue weighted by Gasteiger charge is -2.17. The molecular weight excluding hydrogens is 462 g/mol. The van der Waals surface area contributed by atoms with Crippen molar-refractivity contribution in [1.29, 1.82) is 0 Å². The summed E-state index contributed by atoms with van der Waals surface area (Å²) in [6, 6.07) is 20.7. The molecule has 1 heterocycles. The summed E-state index contributed by atoms with van der Waals surface area (Å²) in [5.74, 6) is 1.00. The Hall–Kier alpha value is -2.80. The Kier molecular flexibility index (Phi) is 6.84. The van der Waals surface area contributed by atoms with Crippen molar-refractivity contribution in [3.8, 4) is 11.5 Å². The number of thiocarbonyl (C=S) groups is 1. The Morgan fingerprint density at radius 1 is 1.06 bits per heavy atom. The van der Waals surface area contributed by atoms with Gasteiger partial charge in [-0.2, -0.15) is 0 Å². The topological polar surface area (TPSA) is 38.8 Å². The fourth-order valence-corrected chi connectivity index (χ4v) is 4.78. The normalized spacial score (nSPS) is 14.8. The number of thioether (sulfide) groups is 1. The van der Waals surface area contributed by atoms with Gasteiger partial charge in [-0.25, -0.2) is 0 Å². The van der Waals surface area contributed by atoms with Gasteiger partial charge in [0.2, 0.25) is 0 Å². The summed E-state index contributed by atoms with van der Waals surface area (Å²) in [6.45, 7) is 2.46. The van der Waals surface area contributed by atoms with E-state index in [0.717, 1.165) is 11.1 Å². The Morgan fingerprint density at radius 2 is 1.81 bits per heavy atom. The smallest absolute Gasteiger partial charge is 0.270 e. The van der Waals surface area contributed by atoms with Crippen LogP contribution in [0.25, 0.3) is 6.08 Å². The predicted molar refractivity (Wildman–Crippen MR) is 136 cm³/mol. The maximum absolute atomic E-state index is 13.2. The molecule has 0 spiro atoms. The first-order chi connectivity index (χ1) is 15.5. The van der Waals surface area contributed by atoms with E-state index in [1.165, 1.54) is 16.7 Å². The molecule has 1 aliphatic heterocycles. The second kappa shape index (κ2) is 9.77. The van der Waals surface area contributed by atoms with Crippen LogP contribution in [0.3, 0.4) is 0 Å². The molecule has 0 radical (unpaired) electrons. The zero-order valence-corrected chi connectivity index (χ0v) is 19.9. The minimum absolute atomic E-state index is 0.214. The van der Waals surface area contributed by atoms with E-state index < -0.39 is 0 Å². The van der Waals surface area contributed by atoms with Crippen molar-refractivity contribution in [2.75, 3.05) is 12.0 Å². The van der Waals surface area contributed by atoms with Crippen LogP contribution in [-0.4, -0.2) is 17.3 Å². The minimum Gasteiger partial charge on any atom is -0.495 e. The lowest BCUT2D eigenvalue weighted by atomic mass is 10.1. The average molecular weight is 482 g/mol. The van der Waals surface area contributed by atoms with E-state index in [9.17, 15) is 4.79 Å². The van der Waals surface area contributed by atoms with E-state index in [1.807, 2.05) is 55.5 Å². The number of carbonyl (C=O) groups is 1. The van der Waals surface area contributed by atoms with Crippen LogP contribution in [0.5, 0.6) is 11.5 Å². The third-order valence-electron chi connectivity index (χ3n) is 5.02. The molecule has 0 saturated carbocycles. The number of hydrogen-bond donors (Lipinski definition) is 0. The summed E-state index contributed by atoms with van der Waals surface area (Å²) < 4.78 is 11.9. The average Bonchev–Trinajstić information content (AvgIpc) is 3.06. The van der Waals surface area contributed by atoms with Crippen molar-refractivity contribution in [3.05, 3.63) is 93.3 Å². The zero-order valence-electron chi connectivity index (χ0n) is 17.5. The van der Waals surface area contributed by atoms with Gasteiger partial charge >= 0.3 is 0 Å². The molecule has 1 saturated heterocycles. The fraction of sp³-hybridized carbons (Fsp3) is 0.120. The molecule has 0 aromatic heterocycles. The number of methoxy groups -OCH3 is 1. The van der Waals surface area contributed by atoms with Gasteiger partial charge in [0, 0.05) is 10.6 Å². The Morgan fingerprint density at radius 3 is 2.59 bits per heavy atom. The second-order valence-electron chi connectivity index (χ2n) is 7.09. The molecule has 0 unspecified atom stereocenters. The summed E-state index contributed by atoms with van der Waals surface area (Å²) in [6.07, 6.45) is 1.77. The summed E-state index contributed by atoms with van der Waals surface area (Å²) >= 11 is 13.0. The van der Waals surface area contributed by atoms with Crippen LogP contribution in [0.2, 0.25) is 5.02 Å². The van der Waals surface area contributed by atoms with Gasteiger partial charge in [0.1, 0.15) is 18.1 Å². The highest BCUT2D eigenvalue weighted by Gasteiger charge is 2.35. The predicted octanol–water partition coefficient (Wildman–Crippen LogP) is 6.64. The van der Waals surface area contributed by atoms with Crippen LogP contribution in [-0.2, 0) is 11.4 Å². The van der Waals surface area contributed by atoms with Gasteiger partial charge in [0.15, 0.2) is 4.32 Å². The molecule has 7 heteroatoms. The molecule has 0 aliphatic carbocycles. The van der Waals surface area contributed by atoms with E-state index in [1.54, 1.807) is 31.4 Å². The van der Waals surface area contributed by atoms with E-state index in [0.29, 0.717) is 43.6 Å². The van der Waals surface area contributed by atoms with Crippen molar-refractivity contribution in [1.82, 2.24) is 0 Å². The maximum atomic E-state index is 13.2. The summed E-state index contributed by atoms with van der Waals surface area (Å²) in [5.41, 5.74) is 3.58. The number of benzene rings is 3. The number of aryl methyl sites for hydroxylation is 1. The number of para-hydroxylation sites is 2. The number of nitrogens with zero attached hydrogens (tertiary/aromatic N) is 1. The molecule has 162 valence electrons. The highest BCUT2D eigenvalue weighted by molar-refractivity contribution is 8.27. The van der Waals surface area contributed by atoms with Gasteiger partial charge in [-0.15, -0.1) is 0 Å². The number of rotatable bonds is 6. The third-order valence-corrected chi connectivity index (χ3v) is 6.56. The van der Waals surface area contributed by atoms with Crippen LogP contribution in [0.1, 0.15) is 16.7 Å². The van der Waals surface area contributed by atoms with Gasteiger partial charge in [0.05, 0.1) is 17.7 Å². The van der Waals surface area contributed by atoms with Gasteiger partial charge in [-0.05, 0) is 54.5 Å². The first-order valence-electron chi connectivity index (χ1n) is 9.86. The number of halogens is 1. The molecule has 4 nitrogen and oxygen atoms in total. The standard InChI is InChI=1S/C25H20ClNO3S2/c1-16-7-3-4-8-17(16)15-30-21-12-11-19(26)13-18(21)14-23-24(28)27(25(31)32-23)20-9-5-6-10-22(20)29-2/h3-14H,15H2,1-2H3. The molecule has 4 rings (SSSR count). The molecule has 0 atom stereocenters. The molecule has 0 bridgehead atoms. The van der Waals surface area contributed by atoms with Crippen molar-refractivity contribution in [2.24, 2.45) is 0 Å². The number of amides is 1. The van der Waals surface area contributed by atoms with E-state index in [-0.39, 0.29) is 5.91 Å². The Bertz CT molecular complexity index is 1230. The fourth-order valence-electron chi connectivity index (χ4n) is 3.32. The maximum Gasteiger partial charge on any atom is 0.270 e. The number of hydrogen-bond acceptors (Lipinski definition) is 5. The molecule has 3 aromatic carbocycles. The molecule has 32 heavy (non-hydrogen) atoms. The molecular formula is C25H20ClNO3S2. The van der Waals surface area contributed by atoms with Crippen LogP contribution in [0.4, 0.5) is 5.69 Å². The Balaban J connectivity index is 1.64. The highest BCUT2D eigenvalue weighted by atomic mass is 35.5. The van der Waals surface area contributed by atoms with Gasteiger partial charge in [-0.3, -0.25) is 9.69 Å². The van der Waals surface area contributed by atoms with Crippen molar-refractivity contribution < 1.29 is 14.3 Å². The molecule has 1 fully saturated rings. The van der Waals surface area contributed by atoms with E-state index in [4.69, 9.17) is 33.3 Å². The van der Waals surface area contributed by atoms with Crippen LogP contribution >= 0.6 is 35.6 Å². The van der Waals surface area contributed by atoms with Crippen LogP contribution < -0.4 is 14.4 Å². The minimum atomic E-state index is -0.214. The summed E-state index contributed by atoms with van der Waals surface area (Å²) in [5, 5.41) is 0.555. The van der Waals surface area contributed by atoms with E-state index >= 15 is 0 Å². The molecule has 0 N–H and O–H groups in total. The second-order valence-corrected chi connectivity index (χ2v) is 9.20. The van der Waals surface area contributed by atoms with Crippen molar-refractivity contribution >= 4 is 57.6 Å².